The summed E-state index contributed by atoms with van der Waals surface area (Å²) in [6, 6.07) is 14.3. The van der Waals surface area contributed by atoms with Gasteiger partial charge in [-0.1, -0.05) is 35.3 Å². The van der Waals surface area contributed by atoms with Crippen molar-refractivity contribution in [3.8, 4) is 0 Å². The molecular weight excluding hydrogens is 561 g/mol. The Kier molecular flexibility index (Phi) is 8.00. The molecule has 11 heteroatoms. The number of pyridine rings is 1. The molecule has 3 saturated heterocycles. The number of carbonyl (C=O) groups excluding carboxylic acids is 2. The van der Waals surface area contributed by atoms with Gasteiger partial charge in [0, 0.05) is 74.7 Å². The van der Waals surface area contributed by atoms with Gasteiger partial charge in [-0.05, 0) is 48.4 Å². The third-order valence-electron chi connectivity index (χ3n) is 7.58. The summed E-state index contributed by atoms with van der Waals surface area (Å²) in [7, 11) is 0. The zero-order chi connectivity index (χ0) is 28.3. The molecule has 4 heterocycles. The number of amides is 2. The summed E-state index contributed by atoms with van der Waals surface area (Å²) < 4.78 is 0. The van der Waals surface area contributed by atoms with Gasteiger partial charge in [0.2, 0.25) is 0 Å². The molecule has 0 bridgehead atoms. The SMILES string of the molecule is O=C(Nc1c(C(=O)Nc2ccc(Cl)cn2)cc(Cl)cc1N1CCNCC1)c1ccc(C(=C2CCN2)N2CCC2)cc1. The van der Waals surface area contributed by atoms with Crippen LogP contribution in [0.1, 0.15) is 39.1 Å². The van der Waals surface area contributed by atoms with E-state index in [4.69, 9.17) is 23.2 Å². The van der Waals surface area contributed by atoms with Crippen molar-refractivity contribution in [3.63, 3.8) is 0 Å². The van der Waals surface area contributed by atoms with Crippen LogP contribution in [0.2, 0.25) is 10.0 Å². The van der Waals surface area contributed by atoms with Crippen molar-refractivity contribution in [2.45, 2.75) is 12.8 Å². The van der Waals surface area contributed by atoms with Crippen molar-refractivity contribution in [1.29, 1.82) is 0 Å². The van der Waals surface area contributed by atoms with Crippen LogP contribution in [0, 0.1) is 0 Å². The Morgan fingerprint density at radius 2 is 1.56 bits per heavy atom. The number of aromatic nitrogens is 1. The molecule has 3 aliphatic rings. The Morgan fingerprint density at radius 1 is 0.829 bits per heavy atom. The second-order valence-electron chi connectivity index (χ2n) is 10.3. The van der Waals surface area contributed by atoms with Gasteiger partial charge in [-0.3, -0.25) is 9.59 Å². The summed E-state index contributed by atoms with van der Waals surface area (Å²) >= 11 is 12.5. The number of rotatable bonds is 7. The van der Waals surface area contributed by atoms with Gasteiger partial charge in [0.25, 0.3) is 11.8 Å². The normalized spacial score (nSPS) is 17.6. The average molecular weight is 593 g/mol. The number of likely N-dealkylation sites (tertiary alicyclic amines) is 1. The van der Waals surface area contributed by atoms with Crippen LogP contribution in [-0.4, -0.2) is 67.5 Å². The van der Waals surface area contributed by atoms with Crippen LogP contribution in [0.5, 0.6) is 0 Å². The Hall–Kier alpha value is -3.79. The van der Waals surface area contributed by atoms with Gasteiger partial charge in [0.15, 0.2) is 0 Å². The van der Waals surface area contributed by atoms with Gasteiger partial charge in [-0.15, -0.1) is 0 Å². The van der Waals surface area contributed by atoms with Gasteiger partial charge in [-0.25, -0.2) is 4.98 Å². The number of nitrogens with zero attached hydrogens (tertiary/aromatic N) is 3. The van der Waals surface area contributed by atoms with Crippen LogP contribution in [-0.2, 0) is 0 Å². The van der Waals surface area contributed by atoms with E-state index < -0.39 is 5.91 Å². The van der Waals surface area contributed by atoms with Crippen LogP contribution in [0.25, 0.3) is 5.70 Å². The van der Waals surface area contributed by atoms with E-state index in [0.717, 1.165) is 44.7 Å². The first kappa shape index (κ1) is 27.4. The number of halogens is 2. The van der Waals surface area contributed by atoms with Gasteiger partial charge in [0.1, 0.15) is 5.82 Å². The first-order valence-corrected chi connectivity index (χ1v) is 14.6. The van der Waals surface area contributed by atoms with Crippen LogP contribution in [0.4, 0.5) is 17.2 Å². The molecule has 41 heavy (non-hydrogen) atoms. The van der Waals surface area contributed by atoms with Gasteiger partial charge in [-0.2, -0.15) is 0 Å². The van der Waals surface area contributed by atoms with Crippen LogP contribution in [0.3, 0.4) is 0 Å². The average Bonchev–Trinajstić information content (AvgIpc) is 2.93. The fraction of sp³-hybridized carbons (Fsp3) is 0.300. The van der Waals surface area contributed by atoms with Crippen molar-refractivity contribution < 1.29 is 9.59 Å². The zero-order valence-electron chi connectivity index (χ0n) is 22.5. The highest BCUT2D eigenvalue weighted by atomic mass is 35.5. The number of carbonyl (C=O) groups is 2. The highest BCUT2D eigenvalue weighted by Gasteiger charge is 2.26. The molecule has 3 fully saturated rings. The minimum atomic E-state index is -0.442. The lowest BCUT2D eigenvalue weighted by Gasteiger charge is -2.39. The summed E-state index contributed by atoms with van der Waals surface area (Å²) in [6.45, 7) is 6.06. The molecule has 9 nitrogen and oxygen atoms in total. The maximum Gasteiger partial charge on any atom is 0.259 e. The maximum atomic E-state index is 13.6. The number of nitrogens with one attached hydrogen (secondary N) is 4. The summed E-state index contributed by atoms with van der Waals surface area (Å²) in [5.74, 6) is -0.416. The monoisotopic (exact) mass is 591 g/mol. The lowest BCUT2D eigenvalue weighted by molar-refractivity contribution is 0.102. The lowest BCUT2D eigenvalue weighted by atomic mass is 9.99. The van der Waals surface area contributed by atoms with Crippen LogP contribution < -0.4 is 26.2 Å². The van der Waals surface area contributed by atoms with E-state index in [1.807, 2.05) is 24.3 Å². The quantitative estimate of drug-likeness (QED) is 0.317. The maximum absolute atomic E-state index is 13.6. The summed E-state index contributed by atoms with van der Waals surface area (Å²) in [4.78, 5) is 35.8. The molecule has 3 aliphatic heterocycles. The second kappa shape index (κ2) is 12.0. The molecule has 0 aliphatic carbocycles. The van der Waals surface area contributed by atoms with Crippen molar-refractivity contribution in [2.75, 3.05) is 61.3 Å². The fourth-order valence-corrected chi connectivity index (χ4v) is 5.52. The molecule has 1 aromatic heterocycles. The highest BCUT2D eigenvalue weighted by molar-refractivity contribution is 6.32. The first-order valence-electron chi connectivity index (χ1n) is 13.8. The van der Waals surface area contributed by atoms with Gasteiger partial charge >= 0.3 is 0 Å². The third kappa shape index (κ3) is 5.98. The Bertz CT molecular complexity index is 1480. The molecule has 0 radical (unpaired) electrons. The number of benzene rings is 2. The van der Waals surface area contributed by atoms with Gasteiger partial charge in [0.05, 0.1) is 27.7 Å². The zero-order valence-corrected chi connectivity index (χ0v) is 24.0. The number of hydrogen-bond acceptors (Lipinski definition) is 7. The number of piperazine rings is 1. The lowest BCUT2D eigenvalue weighted by Crippen LogP contribution is -2.44. The molecule has 0 spiro atoms. The van der Waals surface area contributed by atoms with E-state index in [1.54, 1.807) is 24.3 Å². The Morgan fingerprint density at radius 3 is 2.17 bits per heavy atom. The first-order chi connectivity index (χ1) is 20.0. The summed E-state index contributed by atoms with van der Waals surface area (Å²) in [5.41, 5.74) is 5.41. The third-order valence-corrected chi connectivity index (χ3v) is 8.03. The van der Waals surface area contributed by atoms with E-state index in [9.17, 15) is 9.59 Å². The highest BCUT2D eigenvalue weighted by Crippen LogP contribution is 2.35. The standard InChI is InChI=1S/C30H31Cl2N7O2/c31-21-6-7-26(35-18-21)36-30(41)23-16-22(32)17-25(38-14-10-33-11-15-38)27(23)37-29(40)20-4-2-19(3-5-20)28(24-8-9-34-24)39-12-1-13-39/h2-7,16-18,33-34H,1,8-15H2,(H,37,40)(H,35,36,41). The van der Waals surface area contributed by atoms with Crippen molar-refractivity contribution in [2.24, 2.45) is 0 Å². The number of anilines is 3. The predicted molar refractivity (Wildman–Crippen MR) is 164 cm³/mol. The summed E-state index contributed by atoms with van der Waals surface area (Å²) in [6.07, 6.45) is 3.69. The Balaban J connectivity index is 1.30. The minimum Gasteiger partial charge on any atom is -0.386 e. The summed E-state index contributed by atoms with van der Waals surface area (Å²) in [5, 5.41) is 13.5. The molecular formula is C30H31Cl2N7O2. The van der Waals surface area contributed by atoms with Gasteiger partial charge < -0.3 is 31.1 Å². The molecule has 2 amide bonds. The van der Waals surface area contributed by atoms with Crippen LogP contribution in [0.15, 0.2) is 60.4 Å². The van der Waals surface area contributed by atoms with E-state index >= 15 is 0 Å². The van der Waals surface area contributed by atoms with E-state index in [-0.39, 0.29) is 11.5 Å². The van der Waals surface area contributed by atoms with Crippen LogP contribution >= 0.6 is 23.2 Å². The van der Waals surface area contributed by atoms with E-state index in [0.29, 0.717) is 45.9 Å². The molecule has 6 rings (SSSR count). The van der Waals surface area contributed by atoms with Crippen molar-refractivity contribution >= 4 is 57.9 Å². The second-order valence-corrected chi connectivity index (χ2v) is 11.1. The Labute approximate surface area is 248 Å². The smallest absolute Gasteiger partial charge is 0.259 e. The largest absolute Gasteiger partial charge is 0.386 e. The molecule has 0 unspecified atom stereocenters. The topological polar surface area (TPSA) is 102 Å². The molecule has 4 N–H and O–H groups in total. The molecule has 0 atom stereocenters. The van der Waals surface area contributed by atoms with E-state index in [1.165, 1.54) is 24.0 Å². The minimum absolute atomic E-state index is 0.244. The number of hydrogen-bond donors (Lipinski definition) is 4. The molecule has 0 saturated carbocycles. The van der Waals surface area contributed by atoms with Crippen molar-refractivity contribution in [3.05, 3.63) is 87.2 Å². The molecule has 3 aromatic rings. The molecule has 2 aromatic carbocycles. The fourth-order valence-electron chi connectivity index (χ4n) is 5.20. The predicted octanol–water partition coefficient (Wildman–Crippen LogP) is 4.67. The van der Waals surface area contributed by atoms with Crippen molar-refractivity contribution in [1.82, 2.24) is 20.5 Å². The van der Waals surface area contributed by atoms with E-state index in [2.05, 4.69) is 36.1 Å². The molecule has 212 valence electrons.